The minimum atomic E-state index is 0.316. The number of rotatable bonds is 5. The molecule has 2 heterocycles. The molecule has 0 fully saturated rings. The predicted molar refractivity (Wildman–Crippen MR) is 81.9 cm³/mol. The van der Waals surface area contributed by atoms with E-state index in [2.05, 4.69) is 64.1 Å². The molecular weight excluding hydrogens is 268 g/mol. The van der Waals surface area contributed by atoms with E-state index < -0.39 is 0 Å². The van der Waals surface area contributed by atoms with Gasteiger partial charge in [0.05, 0.1) is 12.6 Å². The van der Waals surface area contributed by atoms with Crippen LogP contribution in [0.15, 0.2) is 54.4 Å². The summed E-state index contributed by atoms with van der Waals surface area (Å²) < 4.78 is 1.82. The van der Waals surface area contributed by atoms with Crippen LogP contribution in [0.5, 0.6) is 0 Å². The topological polar surface area (TPSA) is 42.7 Å². The fraction of sp³-hybridized carbons (Fsp3) is 0.200. The molecule has 1 unspecified atom stereocenters. The van der Waals surface area contributed by atoms with E-state index in [-0.39, 0.29) is 0 Å². The van der Waals surface area contributed by atoms with Gasteiger partial charge in [-0.05, 0) is 36.1 Å². The molecule has 20 heavy (non-hydrogen) atoms. The SMILES string of the molecule is CC(Nc1cccc(Cn2cncn2)c1)c1cccs1. The first-order valence-electron chi connectivity index (χ1n) is 6.52. The van der Waals surface area contributed by atoms with Gasteiger partial charge in [-0.1, -0.05) is 18.2 Å². The maximum atomic E-state index is 4.13. The van der Waals surface area contributed by atoms with Crippen LogP contribution in [-0.2, 0) is 6.54 Å². The molecule has 0 saturated carbocycles. The standard InChI is InChI=1S/C15H16N4S/c1-12(15-6-3-7-20-15)18-14-5-2-4-13(8-14)9-19-11-16-10-17-19/h2-8,10-12,18H,9H2,1H3. The lowest BCUT2D eigenvalue weighted by Gasteiger charge is -2.14. The Morgan fingerprint density at radius 1 is 1.30 bits per heavy atom. The van der Waals surface area contributed by atoms with Gasteiger partial charge in [-0.15, -0.1) is 11.3 Å². The summed E-state index contributed by atoms with van der Waals surface area (Å²) in [6.07, 6.45) is 3.29. The lowest BCUT2D eigenvalue weighted by Crippen LogP contribution is -2.06. The number of hydrogen-bond donors (Lipinski definition) is 1. The summed E-state index contributed by atoms with van der Waals surface area (Å²) in [4.78, 5) is 5.30. The minimum Gasteiger partial charge on any atom is -0.378 e. The monoisotopic (exact) mass is 284 g/mol. The largest absolute Gasteiger partial charge is 0.378 e. The van der Waals surface area contributed by atoms with E-state index in [9.17, 15) is 0 Å². The zero-order valence-corrected chi connectivity index (χ0v) is 12.0. The molecule has 2 aromatic heterocycles. The summed E-state index contributed by atoms with van der Waals surface area (Å²) in [5.74, 6) is 0. The average Bonchev–Trinajstić information content (AvgIpc) is 3.12. The fourth-order valence-electron chi connectivity index (χ4n) is 2.12. The maximum absolute atomic E-state index is 4.13. The molecule has 3 rings (SSSR count). The van der Waals surface area contributed by atoms with Gasteiger partial charge < -0.3 is 5.32 Å². The van der Waals surface area contributed by atoms with Crippen molar-refractivity contribution >= 4 is 17.0 Å². The van der Waals surface area contributed by atoms with Gasteiger partial charge in [-0.25, -0.2) is 9.67 Å². The number of benzene rings is 1. The van der Waals surface area contributed by atoms with Crippen molar-refractivity contribution in [2.45, 2.75) is 19.5 Å². The average molecular weight is 284 g/mol. The number of thiophene rings is 1. The van der Waals surface area contributed by atoms with Gasteiger partial charge in [0.25, 0.3) is 0 Å². The Labute approximate surface area is 122 Å². The molecule has 3 aromatic rings. The van der Waals surface area contributed by atoms with Crippen molar-refractivity contribution in [1.29, 1.82) is 0 Å². The van der Waals surface area contributed by atoms with Gasteiger partial charge in [-0.2, -0.15) is 5.10 Å². The van der Waals surface area contributed by atoms with Gasteiger partial charge in [-0.3, -0.25) is 0 Å². The van der Waals surface area contributed by atoms with Gasteiger partial charge in [0.1, 0.15) is 12.7 Å². The predicted octanol–water partition coefficient (Wildman–Crippen LogP) is 3.56. The third kappa shape index (κ3) is 3.05. The second-order valence-electron chi connectivity index (χ2n) is 4.67. The van der Waals surface area contributed by atoms with Crippen molar-refractivity contribution in [3.8, 4) is 0 Å². The van der Waals surface area contributed by atoms with E-state index in [1.807, 2.05) is 4.68 Å². The maximum Gasteiger partial charge on any atom is 0.137 e. The normalized spacial score (nSPS) is 12.2. The second kappa shape index (κ2) is 5.88. The van der Waals surface area contributed by atoms with E-state index in [1.165, 1.54) is 10.4 Å². The highest BCUT2D eigenvalue weighted by Crippen LogP contribution is 2.23. The number of anilines is 1. The van der Waals surface area contributed by atoms with Crippen molar-refractivity contribution in [1.82, 2.24) is 14.8 Å². The summed E-state index contributed by atoms with van der Waals surface area (Å²) in [6, 6.07) is 13.0. The quantitative estimate of drug-likeness (QED) is 0.779. The number of hydrogen-bond acceptors (Lipinski definition) is 4. The van der Waals surface area contributed by atoms with Crippen LogP contribution in [0.3, 0.4) is 0 Å². The third-order valence-electron chi connectivity index (χ3n) is 3.09. The highest BCUT2D eigenvalue weighted by molar-refractivity contribution is 7.10. The summed E-state index contributed by atoms with van der Waals surface area (Å²) in [7, 11) is 0. The van der Waals surface area contributed by atoms with E-state index in [4.69, 9.17) is 0 Å². The Balaban J connectivity index is 1.71. The summed E-state index contributed by atoms with van der Waals surface area (Å²) in [6.45, 7) is 2.92. The molecule has 0 bridgehead atoms. The zero-order chi connectivity index (χ0) is 13.8. The van der Waals surface area contributed by atoms with Crippen LogP contribution >= 0.6 is 11.3 Å². The van der Waals surface area contributed by atoms with Crippen molar-refractivity contribution in [3.63, 3.8) is 0 Å². The van der Waals surface area contributed by atoms with Crippen LogP contribution in [-0.4, -0.2) is 14.8 Å². The Morgan fingerprint density at radius 2 is 2.25 bits per heavy atom. The van der Waals surface area contributed by atoms with Crippen molar-refractivity contribution in [3.05, 3.63) is 64.9 Å². The Kier molecular flexibility index (Phi) is 3.78. The molecular formula is C15H16N4S. The number of nitrogens with one attached hydrogen (secondary N) is 1. The van der Waals surface area contributed by atoms with Crippen LogP contribution in [0.2, 0.25) is 0 Å². The third-order valence-corrected chi connectivity index (χ3v) is 4.15. The lowest BCUT2D eigenvalue weighted by atomic mass is 10.2. The molecule has 1 aromatic carbocycles. The molecule has 0 radical (unpaired) electrons. The van der Waals surface area contributed by atoms with E-state index in [0.717, 1.165) is 12.2 Å². The van der Waals surface area contributed by atoms with Crippen molar-refractivity contribution in [2.24, 2.45) is 0 Å². The van der Waals surface area contributed by atoms with E-state index in [1.54, 1.807) is 24.0 Å². The first kappa shape index (κ1) is 12.9. The smallest absolute Gasteiger partial charge is 0.137 e. The lowest BCUT2D eigenvalue weighted by molar-refractivity contribution is 0.685. The highest BCUT2D eigenvalue weighted by Gasteiger charge is 2.06. The molecule has 0 aliphatic carbocycles. The Morgan fingerprint density at radius 3 is 3.00 bits per heavy atom. The first-order chi connectivity index (χ1) is 9.81. The molecule has 5 heteroatoms. The Bertz CT molecular complexity index is 646. The second-order valence-corrected chi connectivity index (χ2v) is 5.65. The van der Waals surface area contributed by atoms with E-state index in [0.29, 0.717) is 6.04 Å². The van der Waals surface area contributed by atoms with Gasteiger partial charge in [0.15, 0.2) is 0 Å². The van der Waals surface area contributed by atoms with E-state index >= 15 is 0 Å². The van der Waals surface area contributed by atoms with Crippen LogP contribution in [0.25, 0.3) is 0 Å². The molecule has 0 aliphatic heterocycles. The van der Waals surface area contributed by atoms with Gasteiger partial charge in [0, 0.05) is 10.6 Å². The van der Waals surface area contributed by atoms with Crippen LogP contribution in [0.4, 0.5) is 5.69 Å². The van der Waals surface area contributed by atoms with Crippen molar-refractivity contribution in [2.75, 3.05) is 5.32 Å². The zero-order valence-electron chi connectivity index (χ0n) is 11.2. The van der Waals surface area contributed by atoms with Crippen LogP contribution in [0, 0.1) is 0 Å². The highest BCUT2D eigenvalue weighted by atomic mass is 32.1. The molecule has 1 N–H and O–H groups in total. The molecule has 4 nitrogen and oxygen atoms in total. The van der Waals surface area contributed by atoms with Crippen LogP contribution < -0.4 is 5.32 Å². The molecule has 0 amide bonds. The Hall–Kier alpha value is -2.14. The van der Waals surface area contributed by atoms with Gasteiger partial charge in [0.2, 0.25) is 0 Å². The number of nitrogens with zero attached hydrogens (tertiary/aromatic N) is 3. The molecule has 0 saturated heterocycles. The molecule has 102 valence electrons. The summed E-state index contributed by atoms with van der Waals surface area (Å²) in [5.41, 5.74) is 2.34. The van der Waals surface area contributed by atoms with Crippen molar-refractivity contribution < 1.29 is 0 Å². The minimum absolute atomic E-state index is 0.316. The molecule has 0 spiro atoms. The number of aromatic nitrogens is 3. The summed E-state index contributed by atoms with van der Waals surface area (Å²) in [5, 5.41) is 9.76. The summed E-state index contributed by atoms with van der Waals surface area (Å²) >= 11 is 1.77. The van der Waals surface area contributed by atoms with Crippen LogP contribution in [0.1, 0.15) is 23.4 Å². The molecule has 0 aliphatic rings. The fourth-order valence-corrected chi connectivity index (χ4v) is 2.85. The van der Waals surface area contributed by atoms with Gasteiger partial charge >= 0.3 is 0 Å². The first-order valence-corrected chi connectivity index (χ1v) is 7.40. The molecule has 1 atom stereocenters.